The van der Waals surface area contributed by atoms with Gasteiger partial charge in [-0.1, -0.05) is 13.0 Å². The first kappa shape index (κ1) is 9.22. The Morgan fingerprint density at radius 3 is 3.23 bits per heavy atom. The van der Waals surface area contributed by atoms with E-state index in [1.807, 2.05) is 6.92 Å². The number of rotatable bonds is 0. The van der Waals surface area contributed by atoms with E-state index in [4.69, 9.17) is 4.65 Å². The van der Waals surface area contributed by atoms with Crippen molar-refractivity contribution in [2.24, 2.45) is 11.8 Å². The molecule has 0 aromatic carbocycles. The van der Waals surface area contributed by atoms with Gasteiger partial charge in [-0.2, -0.15) is 0 Å². The molecule has 1 saturated heterocycles. The smallest absolute Gasteiger partial charge is 0.427 e. The van der Waals surface area contributed by atoms with Crippen LogP contribution in [-0.4, -0.2) is 18.7 Å². The molecule has 2 rings (SSSR count). The van der Waals surface area contributed by atoms with Crippen molar-refractivity contribution in [2.75, 3.05) is 6.61 Å². The Labute approximate surface area is 77.9 Å². The summed E-state index contributed by atoms with van der Waals surface area (Å²) < 4.78 is 18.2. The van der Waals surface area contributed by atoms with Crippen LogP contribution in [0, 0.1) is 11.8 Å². The molecule has 72 valence electrons. The third kappa shape index (κ3) is 1.65. The molecule has 1 fully saturated rings. The Bertz CT molecular complexity index is 232. The first-order valence-electron chi connectivity index (χ1n) is 4.84. The van der Waals surface area contributed by atoms with Gasteiger partial charge in [0.1, 0.15) is 0 Å². The molecule has 3 unspecified atom stereocenters. The van der Waals surface area contributed by atoms with Crippen LogP contribution in [-0.2, 0) is 4.65 Å². The van der Waals surface area contributed by atoms with Gasteiger partial charge in [-0.05, 0) is 18.3 Å². The molecule has 0 amide bonds. The van der Waals surface area contributed by atoms with Crippen LogP contribution in [0.4, 0.5) is 4.39 Å². The van der Waals surface area contributed by atoms with Crippen molar-refractivity contribution in [1.29, 1.82) is 0 Å². The number of hydrogen-bond acceptors (Lipinski definition) is 2. The number of fused-ring (bicyclic) bond motifs is 1. The third-order valence-electron chi connectivity index (χ3n) is 3.16. The molecule has 0 bridgehead atoms. The molecule has 0 spiro atoms. The van der Waals surface area contributed by atoms with Crippen molar-refractivity contribution in [1.82, 2.24) is 0 Å². The van der Waals surface area contributed by atoms with Crippen molar-refractivity contribution in [3.63, 3.8) is 0 Å². The fraction of sp³-hybridized carbons (Fsp3) is 0.778. The molecule has 2 nitrogen and oxygen atoms in total. The second-order valence-corrected chi connectivity index (χ2v) is 4.06. The highest BCUT2D eigenvalue weighted by atomic mass is 19.1. The average Bonchev–Trinajstić information content (AvgIpc) is 2.02. The second kappa shape index (κ2) is 3.43. The fourth-order valence-corrected chi connectivity index (χ4v) is 2.52. The predicted octanol–water partition coefficient (Wildman–Crippen LogP) is 1.77. The summed E-state index contributed by atoms with van der Waals surface area (Å²) in [5, 5.41) is 9.59. The summed E-state index contributed by atoms with van der Waals surface area (Å²) in [6.45, 7) is 2.50. The van der Waals surface area contributed by atoms with E-state index in [-0.39, 0.29) is 23.5 Å². The molecule has 1 aliphatic heterocycles. The van der Waals surface area contributed by atoms with E-state index in [1.54, 1.807) is 6.08 Å². The first-order chi connectivity index (χ1) is 6.18. The molecule has 1 N–H and O–H groups in total. The topological polar surface area (TPSA) is 29.5 Å². The number of halogens is 1. The molecule has 3 atom stereocenters. The summed E-state index contributed by atoms with van der Waals surface area (Å²) in [5.41, 5.74) is 0. The fourth-order valence-electron chi connectivity index (χ4n) is 2.52. The zero-order valence-electron chi connectivity index (χ0n) is 7.74. The lowest BCUT2D eigenvalue weighted by Gasteiger charge is -2.38. The van der Waals surface area contributed by atoms with Gasteiger partial charge in [-0.15, -0.1) is 0 Å². The Morgan fingerprint density at radius 1 is 1.69 bits per heavy atom. The van der Waals surface area contributed by atoms with Crippen LogP contribution in [0.5, 0.6) is 0 Å². The van der Waals surface area contributed by atoms with Gasteiger partial charge < -0.3 is 9.68 Å². The van der Waals surface area contributed by atoms with Crippen molar-refractivity contribution in [3.8, 4) is 0 Å². The summed E-state index contributed by atoms with van der Waals surface area (Å²) in [5.74, 6) is 0.425. The van der Waals surface area contributed by atoms with Gasteiger partial charge in [0.25, 0.3) is 0 Å². The molecule has 13 heavy (non-hydrogen) atoms. The molecular formula is C9H14BFO2. The predicted molar refractivity (Wildman–Crippen MR) is 48.8 cm³/mol. The van der Waals surface area contributed by atoms with Gasteiger partial charge in [-0.3, -0.25) is 0 Å². The summed E-state index contributed by atoms with van der Waals surface area (Å²) in [4.78, 5) is 0. The van der Waals surface area contributed by atoms with E-state index >= 15 is 0 Å². The second-order valence-electron chi connectivity index (χ2n) is 4.06. The number of hydrogen-bond donors (Lipinski definition) is 1. The Hall–Kier alpha value is -0.345. The van der Waals surface area contributed by atoms with E-state index in [0.29, 0.717) is 13.0 Å². The average molecular weight is 184 g/mol. The molecule has 0 aromatic rings. The molecule has 0 radical (unpaired) electrons. The Morgan fingerprint density at radius 2 is 2.46 bits per heavy atom. The third-order valence-corrected chi connectivity index (χ3v) is 3.16. The van der Waals surface area contributed by atoms with Crippen LogP contribution in [0.3, 0.4) is 0 Å². The highest BCUT2D eigenvalue weighted by molar-refractivity contribution is 6.45. The summed E-state index contributed by atoms with van der Waals surface area (Å²) >= 11 is 0. The molecule has 0 aromatic heterocycles. The zero-order chi connectivity index (χ0) is 9.42. The normalized spacial score (nSPS) is 39.8. The molecular weight excluding hydrogens is 170 g/mol. The van der Waals surface area contributed by atoms with Crippen LogP contribution in [0.2, 0.25) is 5.82 Å². The monoisotopic (exact) mass is 184 g/mol. The van der Waals surface area contributed by atoms with Crippen molar-refractivity contribution in [2.45, 2.75) is 25.6 Å². The van der Waals surface area contributed by atoms with E-state index in [2.05, 4.69) is 0 Å². The highest BCUT2D eigenvalue weighted by Gasteiger charge is 2.43. The minimum atomic E-state index is -0.696. The maximum atomic E-state index is 13.1. The lowest BCUT2D eigenvalue weighted by Crippen LogP contribution is -2.40. The quantitative estimate of drug-likeness (QED) is 0.581. The van der Waals surface area contributed by atoms with Crippen molar-refractivity contribution in [3.05, 3.63) is 11.9 Å². The van der Waals surface area contributed by atoms with E-state index < -0.39 is 7.12 Å². The van der Waals surface area contributed by atoms with Crippen LogP contribution in [0.25, 0.3) is 0 Å². The van der Waals surface area contributed by atoms with Crippen LogP contribution in [0.15, 0.2) is 11.9 Å². The van der Waals surface area contributed by atoms with Gasteiger partial charge in [-0.25, -0.2) is 4.39 Å². The molecule has 1 heterocycles. The highest BCUT2D eigenvalue weighted by Crippen LogP contribution is 2.44. The maximum Gasteiger partial charge on any atom is 0.458 e. The van der Waals surface area contributed by atoms with Gasteiger partial charge >= 0.3 is 7.12 Å². The largest absolute Gasteiger partial charge is 0.458 e. The molecule has 1 aliphatic carbocycles. The standard InChI is InChI=1S/C9H14BFO2/c1-6-4-8(11)5-7-2-3-13-10(12)9(6)7/h4,6-7,9,12H,2-3,5H2,1H3. The van der Waals surface area contributed by atoms with E-state index in [9.17, 15) is 9.41 Å². The van der Waals surface area contributed by atoms with Crippen LogP contribution >= 0.6 is 0 Å². The Kier molecular flexibility index (Phi) is 2.43. The Balaban J connectivity index is 2.18. The summed E-state index contributed by atoms with van der Waals surface area (Å²) in [7, 11) is -0.696. The lowest BCUT2D eigenvalue weighted by molar-refractivity contribution is 0.150. The van der Waals surface area contributed by atoms with Gasteiger partial charge in [0.05, 0.1) is 5.83 Å². The van der Waals surface area contributed by atoms with Crippen molar-refractivity contribution >= 4 is 7.12 Å². The van der Waals surface area contributed by atoms with Gasteiger partial charge in [0.2, 0.25) is 0 Å². The van der Waals surface area contributed by atoms with Gasteiger partial charge in [0.15, 0.2) is 0 Å². The SMILES string of the molecule is CC1C=C(F)CC2CCOB(O)C12. The first-order valence-corrected chi connectivity index (χ1v) is 4.84. The van der Waals surface area contributed by atoms with Crippen LogP contribution in [0.1, 0.15) is 19.8 Å². The van der Waals surface area contributed by atoms with Crippen molar-refractivity contribution < 1.29 is 14.1 Å². The summed E-state index contributed by atoms with van der Waals surface area (Å²) in [6.07, 6.45) is 2.96. The minimum Gasteiger partial charge on any atom is -0.427 e. The van der Waals surface area contributed by atoms with E-state index in [1.165, 1.54) is 0 Å². The van der Waals surface area contributed by atoms with Crippen LogP contribution < -0.4 is 0 Å². The zero-order valence-corrected chi connectivity index (χ0v) is 7.74. The van der Waals surface area contributed by atoms with E-state index in [0.717, 1.165) is 6.42 Å². The number of allylic oxidation sites excluding steroid dienone is 2. The van der Waals surface area contributed by atoms with Gasteiger partial charge in [0, 0.05) is 18.8 Å². The molecule has 0 saturated carbocycles. The minimum absolute atomic E-state index is 0.0251. The maximum absolute atomic E-state index is 13.1. The lowest BCUT2D eigenvalue weighted by atomic mass is 9.55. The summed E-state index contributed by atoms with van der Waals surface area (Å²) in [6, 6.07) is 0. The molecule has 2 aliphatic rings. The molecule has 4 heteroatoms.